The molecule has 3 heterocycles. The Labute approximate surface area is 261 Å². The highest BCUT2D eigenvalue weighted by atomic mass is 32.2. The number of fused-ring (bicyclic) bond motifs is 1. The first-order valence-corrected chi connectivity index (χ1v) is 15.9. The summed E-state index contributed by atoms with van der Waals surface area (Å²) in [6.45, 7) is 12.1. The van der Waals surface area contributed by atoms with Gasteiger partial charge in [-0.25, -0.2) is 13.5 Å². The predicted molar refractivity (Wildman–Crippen MR) is 176 cm³/mol. The third-order valence-corrected chi connectivity index (χ3v) is 9.72. The van der Waals surface area contributed by atoms with Gasteiger partial charge in [-0.2, -0.15) is 0 Å². The summed E-state index contributed by atoms with van der Waals surface area (Å²) in [6, 6.07) is 17.5. The Morgan fingerprint density at radius 1 is 1.14 bits per heavy atom. The summed E-state index contributed by atoms with van der Waals surface area (Å²) >= 11 is 0. The molecule has 1 amide bonds. The second kappa shape index (κ2) is 13.2. The highest BCUT2D eigenvalue weighted by molar-refractivity contribution is 7.82. The van der Waals surface area contributed by atoms with Crippen molar-refractivity contribution in [1.29, 1.82) is 0 Å². The van der Waals surface area contributed by atoms with Crippen molar-refractivity contribution >= 4 is 34.0 Å². The van der Waals surface area contributed by atoms with E-state index < -0.39 is 16.4 Å². The number of nitrogens with two attached hydrogens (primary N) is 1. The fourth-order valence-electron chi connectivity index (χ4n) is 5.70. The average Bonchev–Trinajstić information content (AvgIpc) is 3.17. The molecule has 2 atom stereocenters. The number of nitrogens with one attached hydrogen (secondary N) is 2. The van der Waals surface area contributed by atoms with Gasteiger partial charge in [0, 0.05) is 37.9 Å². The molecular weight excluding hydrogens is 572 g/mol. The van der Waals surface area contributed by atoms with Crippen molar-refractivity contribution in [1.82, 2.24) is 14.3 Å². The van der Waals surface area contributed by atoms with Gasteiger partial charge in [0.2, 0.25) is 11.8 Å². The van der Waals surface area contributed by atoms with Gasteiger partial charge >= 0.3 is 0 Å². The van der Waals surface area contributed by atoms with Gasteiger partial charge in [0.25, 0.3) is 0 Å². The van der Waals surface area contributed by atoms with Crippen LogP contribution in [0.5, 0.6) is 5.88 Å². The van der Waals surface area contributed by atoms with Crippen LogP contribution >= 0.6 is 0 Å². The number of anilines is 3. The van der Waals surface area contributed by atoms with Gasteiger partial charge in [0.15, 0.2) is 0 Å². The molecule has 4 aromatic rings. The Morgan fingerprint density at radius 2 is 1.93 bits per heavy atom. The first-order chi connectivity index (χ1) is 21.1. The summed E-state index contributed by atoms with van der Waals surface area (Å²) < 4.78 is 21.3. The second-order valence-electron chi connectivity index (χ2n) is 11.6. The molecule has 0 saturated heterocycles. The monoisotopic (exact) mass is 612 g/mol. The number of aryl methyl sites for hydroxylation is 1. The summed E-state index contributed by atoms with van der Waals surface area (Å²) in [5.41, 5.74) is 12.9. The maximum Gasteiger partial charge on any atom is 0.231 e. The maximum absolute atomic E-state index is 14.0. The van der Waals surface area contributed by atoms with Gasteiger partial charge in [0.05, 0.1) is 28.7 Å². The number of ether oxygens (including phenoxy) is 1. The van der Waals surface area contributed by atoms with Crippen molar-refractivity contribution in [2.75, 3.05) is 36.1 Å². The molecule has 10 heteroatoms. The third-order valence-electron chi connectivity index (χ3n) is 8.25. The van der Waals surface area contributed by atoms with Crippen LogP contribution in [0.3, 0.4) is 0 Å². The number of aromatic nitrogens is 2. The van der Waals surface area contributed by atoms with Crippen LogP contribution in [-0.2, 0) is 22.3 Å². The van der Waals surface area contributed by atoms with Crippen LogP contribution in [-0.4, -0.2) is 44.1 Å². The van der Waals surface area contributed by atoms with Gasteiger partial charge in [-0.1, -0.05) is 38.1 Å². The van der Waals surface area contributed by atoms with E-state index in [-0.39, 0.29) is 11.8 Å². The molecule has 1 unspecified atom stereocenters. The third kappa shape index (κ3) is 6.32. The van der Waals surface area contributed by atoms with Crippen LogP contribution in [0.1, 0.15) is 54.5 Å². The summed E-state index contributed by atoms with van der Waals surface area (Å²) in [5.74, 6) is -0.0741. The molecule has 1 aliphatic heterocycles. The number of benzene rings is 2. The first-order valence-electron chi connectivity index (χ1n) is 14.8. The van der Waals surface area contributed by atoms with Crippen molar-refractivity contribution < 1.29 is 13.7 Å². The molecule has 4 N–H and O–H groups in total. The number of carbonyl (C=O) groups is 1. The highest BCUT2D eigenvalue weighted by Gasteiger charge is 2.40. The van der Waals surface area contributed by atoms with Crippen LogP contribution in [0, 0.1) is 19.3 Å². The van der Waals surface area contributed by atoms with E-state index in [4.69, 9.17) is 10.5 Å². The van der Waals surface area contributed by atoms with Crippen LogP contribution in [0.4, 0.5) is 17.1 Å². The number of hydrogen-bond acceptors (Lipinski definition) is 7. The number of pyridine rings is 2. The standard InChI is InChI=1S/C34H40N6O3S/c1-6-37-28-14-13-27(23(3)31(28)35)30(34(4,5)33(41)39-26-9-7-15-36-20-26)24-12-11-22(2)25(19-24)21-40-17-18-43-32-29(44(40)42)10-8-16-38-32/h7-16,19-20,30,37H,6,17-18,21,35H2,1-5H3,(H,39,41)/t30-,44?/m0/s1. The van der Waals surface area contributed by atoms with Crippen molar-refractivity contribution in [3.05, 3.63) is 101 Å². The van der Waals surface area contributed by atoms with E-state index in [0.29, 0.717) is 41.8 Å². The number of nitrogens with zero attached hydrogens (tertiary/aromatic N) is 3. The molecule has 5 rings (SSSR count). The second-order valence-corrected chi connectivity index (χ2v) is 13.0. The minimum atomic E-state index is -1.44. The Kier molecular flexibility index (Phi) is 9.31. The van der Waals surface area contributed by atoms with E-state index in [9.17, 15) is 9.00 Å². The molecule has 2 aromatic carbocycles. The normalized spacial score (nSPS) is 15.9. The first kappa shape index (κ1) is 31.2. The highest BCUT2D eigenvalue weighted by Crippen LogP contribution is 2.45. The van der Waals surface area contributed by atoms with E-state index >= 15 is 0 Å². The molecular formula is C34H40N6O3S. The maximum atomic E-state index is 14.0. The molecule has 0 radical (unpaired) electrons. The quantitative estimate of drug-likeness (QED) is 0.204. The Balaban J connectivity index is 1.57. The number of nitrogen functional groups attached to an aromatic ring is 1. The predicted octanol–water partition coefficient (Wildman–Crippen LogP) is 5.82. The van der Waals surface area contributed by atoms with E-state index in [1.807, 2.05) is 44.1 Å². The van der Waals surface area contributed by atoms with E-state index in [2.05, 4.69) is 51.8 Å². The lowest BCUT2D eigenvalue weighted by atomic mass is 9.69. The zero-order chi connectivity index (χ0) is 31.4. The molecule has 0 bridgehead atoms. The Hall–Kier alpha value is -4.28. The molecule has 9 nitrogen and oxygen atoms in total. The minimum Gasteiger partial charge on any atom is -0.475 e. The molecule has 0 spiro atoms. The van der Waals surface area contributed by atoms with Gasteiger partial charge in [-0.15, -0.1) is 0 Å². The van der Waals surface area contributed by atoms with Gasteiger partial charge in [0.1, 0.15) is 22.5 Å². The smallest absolute Gasteiger partial charge is 0.231 e. The zero-order valence-corrected chi connectivity index (χ0v) is 26.7. The lowest BCUT2D eigenvalue weighted by Crippen LogP contribution is -2.37. The molecule has 44 heavy (non-hydrogen) atoms. The van der Waals surface area contributed by atoms with E-state index in [0.717, 1.165) is 40.0 Å². The molecule has 1 aliphatic rings. The largest absolute Gasteiger partial charge is 0.475 e. The topological polar surface area (TPSA) is 122 Å². The van der Waals surface area contributed by atoms with Crippen molar-refractivity contribution in [2.24, 2.45) is 5.41 Å². The molecule has 0 fully saturated rings. The Morgan fingerprint density at radius 3 is 2.68 bits per heavy atom. The molecule has 2 aromatic heterocycles. The fourth-order valence-corrected chi connectivity index (χ4v) is 6.93. The van der Waals surface area contributed by atoms with Crippen LogP contribution in [0.25, 0.3) is 0 Å². The van der Waals surface area contributed by atoms with Crippen LogP contribution in [0.15, 0.2) is 78.1 Å². The summed E-state index contributed by atoms with van der Waals surface area (Å²) in [5, 5.41) is 6.40. The molecule has 0 aliphatic carbocycles. The number of rotatable bonds is 9. The van der Waals surface area contributed by atoms with Gasteiger partial charge < -0.3 is 21.1 Å². The van der Waals surface area contributed by atoms with E-state index in [1.54, 1.807) is 36.8 Å². The lowest BCUT2D eigenvalue weighted by molar-refractivity contribution is -0.124. The summed E-state index contributed by atoms with van der Waals surface area (Å²) in [4.78, 5) is 23.0. The van der Waals surface area contributed by atoms with Gasteiger partial charge in [-0.3, -0.25) is 9.78 Å². The summed E-state index contributed by atoms with van der Waals surface area (Å²) in [7, 11) is -1.44. The summed E-state index contributed by atoms with van der Waals surface area (Å²) in [6.07, 6.45) is 4.96. The van der Waals surface area contributed by atoms with Crippen molar-refractivity contribution in [3.63, 3.8) is 0 Å². The molecule has 0 saturated carbocycles. The SMILES string of the molecule is CCNc1ccc([C@H](c2ccc(C)c(CN3CCOc4ncccc4S3=O)c2)C(C)(C)C(=O)Nc2cccnc2)c(C)c1N. The average molecular weight is 613 g/mol. The lowest BCUT2D eigenvalue weighted by Gasteiger charge is -2.36. The van der Waals surface area contributed by atoms with Crippen LogP contribution in [0.2, 0.25) is 0 Å². The molecule has 230 valence electrons. The van der Waals surface area contributed by atoms with Crippen LogP contribution < -0.4 is 21.1 Å². The van der Waals surface area contributed by atoms with Crippen molar-refractivity contribution in [2.45, 2.75) is 52.0 Å². The number of carbonyl (C=O) groups excluding carboxylic acids is 1. The minimum absolute atomic E-state index is 0.138. The number of amides is 1. The zero-order valence-electron chi connectivity index (χ0n) is 25.9. The Bertz CT molecular complexity index is 1680. The number of hydrogen-bond donors (Lipinski definition) is 3. The fraction of sp³-hybridized carbons (Fsp3) is 0.324. The van der Waals surface area contributed by atoms with E-state index in [1.165, 1.54) is 0 Å². The van der Waals surface area contributed by atoms with Crippen molar-refractivity contribution in [3.8, 4) is 5.88 Å². The van der Waals surface area contributed by atoms with Gasteiger partial charge in [-0.05, 0) is 78.9 Å².